The van der Waals surface area contributed by atoms with Crippen molar-refractivity contribution >= 4 is 22.1 Å². The maximum absolute atomic E-state index is 12.8. The van der Waals surface area contributed by atoms with Crippen molar-refractivity contribution in [1.82, 2.24) is 4.90 Å². The van der Waals surface area contributed by atoms with E-state index in [0.29, 0.717) is 5.92 Å². The van der Waals surface area contributed by atoms with Crippen molar-refractivity contribution in [3.8, 4) is 0 Å². The smallest absolute Gasteiger partial charge is 0.303 e. The Bertz CT molecular complexity index is 1160. The topological polar surface area (TPSA) is 53.0 Å². The Labute approximate surface area is 196 Å². The molecule has 1 fully saturated rings. The zero-order valence-electron chi connectivity index (χ0n) is 18.6. The average Bonchev–Trinajstić information content (AvgIpc) is 2.86. The summed E-state index contributed by atoms with van der Waals surface area (Å²) in [6.07, 6.45) is 4.12. The van der Waals surface area contributed by atoms with Gasteiger partial charge in [-0.15, -0.1) is 0 Å². The predicted molar refractivity (Wildman–Crippen MR) is 134 cm³/mol. The molecule has 2 aliphatic heterocycles. The fraction of sp³-hybridized carbons (Fsp3) is 0.296. The van der Waals surface area contributed by atoms with Crippen LogP contribution in [0.4, 0.5) is 5.69 Å². The molecule has 0 saturated carbocycles. The summed E-state index contributed by atoms with van der Waals surface area (Å²) in [4.78, 5) is 2.47. The molecule has 1 saturated heterocycles. The van der Waals surface area contributed by atoms with Crippen LogP contribution in [0.3, 0.4) is 0 Å². The monoisotopic (exact) mass is 459 g/mol. The van der Waals surface area contributed by atoms with Crippen LogP contribution in [-0.2, 0) is 10.2 Å². The van der Waals surface area contributed by atoms with Crippen molar-refractivity contribution in [2.45, 2.75) is 31.2 Å². The van der Waals surface area contributed by atoms with Gasteiger partial charge < -0.3 is 4.90 Å². The first-order chi connectivity index (χ1) is 16.1. The lowest BCUT2D eigenvalue weighted by Gasteiger charge is -2.39. The highest BCUT2D eigenvalue weighted by Crippen LogP contribution is 2.33. The highest BCUT2D eigenvalue weighted by atomic mass is 32.2. The summed E-state index contributed by atoms with van der Waals surface area (Å²) < 4.78 is 31.0. The van der Waals surface area contributed by atoms with Crippen molar-refractivity contribution < 1.29 is 8.42 Å². The van der Waals surface area contributed by atoms with Crippen LogP contribution in [0.2, 0.25) is 0 Å². The molecule has 0 bridgehead atoms. The van der Waals surface area contributed by atoms with Crippen LogP contribution in [0.25, 0.3) is 0 Å². The summed E-state index contributed by atoms with van der Waals surface area (Å²) in [7, 11) is -3.67. The Morgan fingerprint density at radius 3 is 2.03 bits per heavy atom. The molecule has 33 heavy (non-hydrogen) atoms. The molecule has 5 nitrogen and oxygen atoms in total. The summed E-state index contributed by atoms with van der Waals surface area (Å²) in [6.45, 7) is 2.76. The molecule has 0 aliphatic carbocycles. The van der Waals surface area contributed by atoms with Gasteiger partial charge in [0.1, 0.15) is 0 Å². The molecule has 0 amide bonds. The fourth-order valence-corrected chi connectivity index (χ4v) is 6.42. The van der Waals surface area contributed by atoms with Gasteiger partial charge in [-0.1, -0.05) is 78.9 Å². The van der Waals surface area contributed by atoms with Gasteiger partial charge in [0.2, 0.25) is 0 Å². The number of fused-ring (bicyclic) bond motifs is 1. The number of anilines is 1. The molecule has 0 atom stereocenters. The Kier molecular flexibility index (Phi) is 6.29. The van der Waals surface area contributed by atoms with Gasteiger partial charge in [0.25, 0.3) is 0 Å². The van der Waals surface area contributed by atoms with Gasteiger partial charge in [-0.25, -0.2) is 4.31 Å². The molecule has 0 radical (unpaired) electrons. The number of nitrogens with zero attached hydrogens (tertiary/aromatic N) is 3. The number of likely N-dealkylation sites (tertiary alicyclic amines) is 1. The summed E-state index contributed by atoms with van der Waals surface area (Å²) in [5, 5.41) is 0. The SMILES string of the molecule is O=S1(=O)N=Cc2ccccc2N1C1CCN(CCC(c2ccccc2)c2ccccc2)CC1. The van der Waals surface area contributed by atoms with Gasteiger partial charge in [-0.3, -0.25) is 0 Å². The first-order valence-electron chi connectivity index (χ1n) is 11.6. The maximum atomic E-state index is 12.8. The number of hydrogen-bond donors (Lipinski definition) is 0. The summed E-state index contributed by atoms with van der Waals surface area (Å²) in [6, 6.07) is 29.0. The van der Waals surface area contributed by atoms with E-state index in [-0.39, 0.29) is 6.04 Å². The minimum atomic E-state index is -3.67. The predicted octanol–water partition coefficient (Wildman–Crippen LogP) is 4.86. The van der Waals surface area contributed by atoms with Gasteiger partial charge >= 0.3 is 10.2 Å². The summed E-state index contributed by atoms with van der Waals surface area (Å²) in [5.41, 5.74) is 4.29. The van der Waals surface area contributed by atoms with Gasteiger partial charge in [0.05, 0.1) is 11.9 Å². The molecule has 5 rings (SSSR count). The van der Waals surface area contributed by atoms with Crippen molar-refractivity contribution in [3.63, 3.8) is 0 Å². The molecule has 170 valence electrons. The van der Waals surface area contributed by atoms with E-state index < -0.39 is 10.2 Å². The van der Waals surface area contributed by atoms with Crippen LogP contribution in [0.1, 0.15) is 41.9 Å². The fourth-order valence-electron chi connectivity index (χ4n) is 5.07. The maximum Gasteiger partial charge on any atom is 0.344 e. The van der Waals surface area contributed by atoms with Crippen LogP contribution < -0.4 is 4.31 Å². The molecule has 2 aliphatic rings. The third-order valence-electron chi connectivity index (χ3n) is 6.77. The second-order valence-electron chi connectivity index (χ2n) is 8.80. The van der Waals surface area contributed by atoms with E-state index in [2.05, 4.69) is 70.0 Å². The number of para-hydroxylation sites is 1. The quantitative estimate of drug-likeness (QED) is 0.529. The number of rotatable bonds is 6. The van der Waals surface area contributed by atoms with Gasteiger partial charge in [0.15, 0.2) is 0 Å². The normalized spacial score (nSPS) is 18.4. The highest BCUT2D eigenvalue weighted by Gasteiger charge is 2.35. The Morgan fingerprint density at radius 1 is 0.818 bits per heavy atom. The molecule has 0 aromatic heterocycles. The van der Waals surface area contributed by atoms with Crippen LogP contribution in [0.5, 0.6) is 0 Å². The van der Waals surface area contributed by atoms with Gasteiger partial charge in [0, 0.05) is 30.6 Å². The van der Waals surface area contributed by atoms with Crippen LogP contribution in [0.15, 0.2) is 89.3 Å². The van der Waals surface area contributed by atoms with Crippen molar-refractivity contribution in [3.05, 3.63) is 102 Å². The first-order valence-corrected chi connectivity index (χ1v) is 13.0. The van der Waals surface area contributed by atoms with E-state index in [1.54, 1.807) is 4.31 Å². The number of hydrogen-bond acceptors (Lipinski definition) is 3. The van der Waals surface area contributed by atoms with Gasteiger partial charge in [-0.2, -0.15) is 12.8 Å². The molecule has 0 N–H and O–H groups in total. The Hall–Kier alpha value is -2.96. The molecule has 0 unspecified atom stereocenters. The van der Waals surface area contributed by atoms with E-state index in [9.17, 15) is 8.42 Å². The molecule has 6 heteroatoms. The summed E-state index contributed by atoms with van der Waals surface area (Å²) >= 11 is 0. The minimum absolute atomic E-state index is 0.0520. The van der Waals surface area contributed by atoms with E-state index in [1.165, 1.54) is 17.3 Å². The van der Waals surface area contributed by atoms with Crippen LogP contribution in [-0.4, -0.2) is 45.2 Å². The molecule has 0 spiro atoms. The zero-order chi connectivity index (χ0) is 22.7. The largest absolute Gasteiger partial charge is 0.344 e. The second-order valence-corrected chi connectivity index (χ2v) is 10.3. The number of piperidine rings is 1. The van der Waals surface area contributed by atoms with E-state index in [4.69, 9.17) is 0 Å². The Morgan fingerprint density at radius 2 is 1.39 bits per heavy atom. The molecule has 2 heterocycles. The lowest BCUT2D eigenvalue weighted by Crippen LogP contribution is -2.48. The third-order valence-corrected chi connectivity index (χ3v) is 8.14. The minimum Gasteiger partial charge on any atom is -0.303 e. The molecular formula is C27H29N3O2S. The van der Waals surface area contributed by atoms with Gasteiger partial charge in [-0.05, 0) is 43.0 Å². The van der Waals surface area contributed by atoms with Crippen LogP contribution in [0, 0.1) is 0 Å². The molecule has 3 aromatic rings. The highest BCUT2D eigenvalue weighted by molar-refractivity contribution is 7.91. The summed E-state index contributed by atoms with van der Waals surface area (Å²) in [5.74, 6) is 0.355. The third kappa shape index (κ3) is 4.72. The standard InChI is InChI=1S/C27H29N3O2S/c31-33(32)28-21-24-13-7-8-14-27(24)30(33)25-15-18-29(19-16-25)20-17-26(22-9-3-1-4-10-22)23-11-5-2-6-12-23/h1-14,21,25-26H,15-20H2. The lowest BCUT2D eigenvalue weighted by atomic mass is 9.88. The first kappa shape index (κ1) is 21.9. The number of benzene rings is 3. The van der Waals surface area contributed by atoms with E-state index >= 15 is 0 Å². The zero-order valence-corrected chi connectivity index (χ0v) is 19.4. The second kappa shape index (κ2) is 9.49. The van der Waals surface area contributed by atoms with Crippen molar-refractivity contribution in [2.75, 3.05) is 23.9 Å². The van der Waals surface area contributed by atoms with E-state index in [0.717, 1.165) is 50.1 Å². The molecule has 3 aromatic carbocycles. The van der Waals surface area contributed by atoms with Crippen molar-refractivity contribution in [2.24, 2.45) is 4.40 Å². The average molecular weight is 460 g/mol. The Balaban J connectivity index is 1.26. The molecular weight excluding hydrogens is 430 g/mol. The van der Waals surface area contributed by atoms with Crippen LogP contribution >= 0.6 is 0 Å². The van der Waals surface area contributed by atoms with E-state index in [1.807, 2.05) is 24.3 Å². The van der Waals surface area contributed by atoms with Crippen molar-refractivity contribution in [1.29, 1.82) is 0 Å². The lowest BCUT2D eigenvalue weighted by molar-refractivity contribution is 0.209.